The van der Waals surface area contributed by atoms with Crippen LogP contribution in [-0.2, 0) is 0 Å². The Morgan fingerprint density at radius 2 is 1.92 bits per heavy atom. The van der Waals surface area contributed by atoms with Crippen molar-refractivity contribution in [1.82, 2.24) is 9.97 Å². The minimum absolute atomic E-state index is 0.726. The fourth-order valence-corrected chi connectivity index (χ4v) is 2.60. The van der Waals surface area contributed by atoms with Gasteiger partial charge in [0.05, 0.1) is 11.9 Å². The fourth-order valence-electron chi connectivity index (χ4n) is 2.60. The van der Waals surface area contributed by atoms with Crippen LogP contribution in [0.15, 0.2) is 6.33 Å². The highest BCUT2D eigenvalue weighted by Crippen LogP contribution is 2.47. The van der Waals surface area contributed by atoms with Gasteiger partial charge >= 0.3 is 0 Å². The molecule has 2 heteroatoms. The SMILES string of the molecule is [c]1ncnc2c1C1CCC2CC1. The molecule has 0 saturated heterocycles. The first-order valence-corrected chi connectivity index (χ1v) is 4.67. The third-order valence-electron chi connectivity index (χ3n) is 3.24. The maximum absolute atomic E-state index is 4.36. The highest BCUT2D eigenvalue weighted by atomic mass is 14.8. The van der Waals surface area contributed by atoms with Crippen LogP contribution in [-0.4, -0.2) is 9.97 Å². The highest BCUT2D eigenvalue weighted by molar-refractivity contribution is 5.29. The van der Waals surface area contributed by atoms with Gasteiger partial charge in [-0.05, 0) is 31.6 Å². The van der Waals surface area contributed by atoms with Crippen LogP contribution < -0.4 is 0 Å². The van der Waals surface area contributed by atoms with E-state index in [1.165, 1.54) is 36.9 Å². The Morgan fingerprint density at radius 3 is 2.67 bits per heavy atom. The molecule has 2 bridgehead atoms. The second-order valence-corrected chi connectivity index (χ2v) is 3.83. The molecule has 4 rings (SSSR count). The summed E-state index contributed by atoms with van der Waals surface area (Å²) in [6, 6.07) is 0. The molecule has 0 atom stereocenters. The summed E-state index contributed by atoms with van der Waals surface area (Å²) < 4.78 is 0. The number of aromatic nitrogens is 2. The number of hydrogen-bond donors (Lipinski definition) is 0. The van der Waals surface area contributed by atoms with Crippen molar-refractivity contribution >= 4 is 0 Å². The molecule has 1 heterocycles. The molecule has 1 aromatic rings. The molecule has 12 heavy (non-hydrogen) atoms. The van der Waals surface area contributed by atoms with Crippen molar-refractivity contribution in [2.45, 2.75) is 37.5 Å². The molecule has 0 spiro atoms. The summed E-state index contributed by atoms with van der Waals surface area (Å²) in [4.78, 5) is 8.34. The first-order chi connectivity index (χ1) is 5.95. The Hall–Kier alpha value is -0.920. The molecular weight excluding hydrogens is 148 g/mol. The smallest absolute Gasteiger partial charge is 0.116 e. The van der Waals surface area contributed by atoms with Gasteiger partial charge in [0.1, 0.15) is 6.33 Å². The zero-order valence-electron chi connectivity index (χ0n) is 6.95. The average molecular weight is 159 g/mol. The van der Waals surface area contributed by atoms with Gasteiger partial charge < -0.3 is 0 Å². The van der Waals surface area contributed by atoms with Crippen molar-refractivity contribution in [3.05, 3.63) is 23.8 Å². The van der Waals surface area contributed by atoms with Gasteiger partial charge in [-0.1, -0.05) is 0 Å². The van der Waals surface area contributed by atoms with Crippen molar-refractivity contribution in [3.63, 3.8) is 0 Å². The summed E-state index contributed by atoms with van der Waals surface area (Å²) in [7, 11) is 0. The van der Waals surface area contributed by atoms with E-state index < -0.39 is 0 Å². The summed E-state index contributed by atoms with van der Waals surface area (Å²) in [5.41, 5.74) is 2.62. The molecule has 3 aliphatic carbocycles. The summed E-state index contributed by atoms with van der Waals surface area (Å²) in [5, 5.41) is 0. The monoisotopic (exact) mass is 159 g/mol. The zero-order valence-corrected chi connectivity index (χ0v) is 6.95. The van der Waals surface area contributed by atoms with E-state index in [0.717, 1.165) is 11.8 Å². The second-order valence-electron chi connectivity index (χ2n) is 3.83. The Bertz CT molecular complexity index is 269. The average Bonchev–Trinajstić information content (AvgIpc) is 2.20. The first-order valence-electron chi connectivity index (χ1n) is 4.67. The van der Waals surface area contributed by atoms with E-state index >= 15 is 0 Å². The van der Waals surface area contributed by atoms with Crippen molar-refractivity contribution < 1.29 is 0 Å². The number of nitrogens with zero attached hydrogens (tertiary/aromatic N) is 2. The van der Waals surface area contributed by atoms with Gasteiger partial charge in [-0.2, -0.15) is 0 Å². The molecule has 0 N–H and O–H groups in total. The van der Waals surface area contributed by atoms with Crippen LogP contribution in [0.1, 0.15) is 48.8 Å². The van der Waals surface area contributed by atoms with E-state index in [2.05, 4.69) is 16.2 Å². The Balaban J connectivity index is 2.19. The van der Waals surface area contributed by atoms with Crippen LogP contribution in [0.3, 0.4) is 0 Å². The lowest BCUT2D eigenvalue weighted by molar-refractivity contribution is 0.348. The van der Waals surface area contributed by atoms with Gasteiger partial charge in [0.15, 0.2) is 0 Å². The van der Waals surface area contributed by atoms with E-state index in [1.54, 1.807) is 6.33 Å². The van der Waals surface area contributed by atoms with Crippen LogP contribution in [0.4, 0.5) is 0 Å². The number of hydrogen-bond acceptors (Lipinski definition) is 2. The van der Waals surface area contributed by atoms with Crippen LogP contribution >= 0.6 is 0 Å². The van der Waals surface area contributed by atoms with Crippen LogP contribution in [0.2, 0.25) is 0 Å². The minimum atomic E-state index is 0.726. The Labute approximate surface area is 72.0 Å². The Morgan fingerprint density at radius 1 is 1.17 bits per heavy atom. The van der Waals surface area contributed by atoms with Gasteiger partial charge in [0, 0.05) is 11.5 Å². The lowest BCUT2D eigenvalue weighted by Gasteiger charge is -2.36. The molecule has 3 aliphatic rings. The molecule has 1 fully saturated rings. The van der Waals surface area contributed by atoms with E-state index in [1.807, 2.05) is 0 Å². The van der Waals surface area contributed by atoms with Crippen LogP contribution in [0.5, 0.6) is 0 Å². The van der Waals surface area contributed by atoms with Gasteiger partial charge in [-0.25, -0.2) is 9.97 Å². The quantitative estimate of drug-likeness (QED) is 0.579. The molecule has 0 unspecified atom stereocenters. The molecule has 0 aliphatic heterocycles. The third-order valence-corrected chi connectivity index (χ3v) is 3.24. The topological polar surface area (TPSA) is 25.8 Å². The first kappa shape index (κ1) is 6.58. The van der Waals surface area contributed by atoms with Gasteiger partial charge in [-0.3, -0.25) is 0 Å². The standard InChI is InChI=1S/C10H11N2/c1-3-8-4-2-7(1)9-5-11-6-12-10(8)9/h6-8H,1-4H2. The van der Waals surface area contributed by atoms with Crippen molar-refractivity contribution in [1.29, 1.82) is 0 Å². The maximum atomic E-state index is 4.36. The minimum Gasteiger partial charge on any atom is -0.241 e. The van der Waals surface area contributed by atoms with Crippen molar-refractivity contribution in [2.24, 2.45) is 0 Å². The second kappa shape index (κ2) is 2.28. The molecule has 2 nitrogen and oxygen atoms in total. The largest absolute Gasteiger partial charge is 0.241 e. The molecular formula is C10H11N2. The normalized spacial score (nSPS) is 31.7. The van der Waals surface area contributed by atoms with Gasteiger partial charge in [0.2, 0.25) is 0 Å². The third kappa shape index (κ3) is 0.752. The number of rotatable bonds is 0. The van der Waals surface area contributed by atoms with Crippen molar-refractivity contribution in [3.8, 4) is 0 Å². The molecule has 61 valence electrons. The predicted octanol–water partition coefficient (Wildman–Crippen LogP) is 2.03. The van der Waals surface area contributed by atoms with E-state index in [9.17, 15) is 0 Å². The van der Waals surface area contributed by atoms with Gasteiger partial charge in [0.25, 0.3) is 0 Å². The highest BCUT2D eigenvalue weighted by Gasteiger charge is 2.33. The molecule has 1 saturated carbocycles. The molecule has 0 amide bonds. The Kier molecular flexibility index (Phi) is 1.25. The number of fused-ring (bicyclic) bond motifs is 2. The van der Waals surface area contributed by atoms with Gasteiger partial charge in [-0.15, -0.1) is 0 Å². The summed E-state index contributed by atoms with van der Waals surface area (Å²) >= 11 is 0. The lowest BCUT2D eigenvalue weighted by atomic mass is 9.70. The van der Waals surface area contributed by atoms with Crippen LogP contribution in [0, 0.1) is 6.20 Å². The van der Waals surface area contributed by atoms with E-state index in [0.29, 0.717) is 0 Å². The molecule has 0 aromatic carbocycles. The van der Waals surface area contributed by atoms with E-state index in [-0.39, 0.29) is 0 Å². The summed E-state index contributed by atoms with van der Waals surface area (Å²) in [5.74, 6) is 1.45. The summed E-state index contributed by atoms with van der Waals surface area (Å²) in [6.45, 7) is 0. The van der Waals surface area contributed by atoms with Crippen LogP contribution in [0.25, 0.3) is 0 Å². The zero-order chi connectivity index (χ0) is 7.97. The predicted molar refractivity (Wildman–Crippen MR) is 44.8 cm³/mol. The van der Waals surface area contributed by atoms with E-state index in [4.69, 9.17) is 0 Å². The lowest BCUT2D eigenvalue weighted by Crippen LogP contribution is -2.23. The summed E-state index contributed by atoms with van der Waals surface area (Å²) in [6.07, 6.45) is 10.1. The fraction of sp³-hybridized carbons (Fsp3) is 0.600. The van der Waals surface area contributed by atoms with Crippen molar-refractivity contribution in [2.75, 3.05) is 0 Å². The maximum Gasteiger partial charge on any atom is 0.116 e. The molecule has 1 aromatic heterocycles. The molecule has 1 radical (unpaired) electrons.